The molecule has 0 aliphatic carbocycles. The number of imidazole rings is 1. The van der Waals surface area contributed by atoms with Gasteiger partial charge in [0.2, 0.25) is 0 Å². The quantitative estimate of drug-likeness (QED) is 0.104. The number of aromatic nitrogens is 3. The lowest BCUT2D eigenvalue weighted by atomic mass is 9.96. The van der Waals surface area contributed by atoms with Gasteiger partial charge in [-0.05, 0) is 49.2 Å². The summed E-state index contributed by atoms with van der Waals surface area (Å²) in [4.78, 5) is 50.4. The maximum absolute atomic E-state index is 13.8. The fraction of sp³-hybridized carbons (Fsp3) is 0.182. The summed E-state index contributed by atoms with van der Waals surface area (Å²) in [5.41, 5.74) is 2.86. The van der Waals surface area contributed by atoms with Gasteiger partial charge in [-0.2, -0.15) is 0 Å². The largest absolute Gasteiger partial charge is 0.505 e. The van der Waals surface area contributed by atoms with E-state index in [0.29, 0.717) is 34.1 Å². The van der Waals surface area contributed by atoms with Gasteiger partial charge in [-0.15, -0.1) is 0 Å². The summed E-state index contributed by atoms with van der Waals surface area (Å²) in [5, 5.41) is 11.9. The number of hydrogen-bond acceptors (Lipinski definition) is 10. The number of pyridine rings is 1. The third-order valence-electron chi connectivity index (χ3n) is 7.48. The van der Waals surface area contributed by atoms with Crippen LogP contribution in [0, 0.1) is 13.8 Å². The zero-order valence-electron chi connectivity index (χ0n) is 24.8. The first-order valence-electron chi connectivity index (χ1n) is 13.9. The third-order valence-corrected chi connectivity index (χ3v) is 8.61. The summed E-state index contributed by atoms with van der Waals surface area (Å²) >= 11 is 0.919. The zero-order valence-corrected chi connectivity index (χ0v) is 25.6. The van der Waals surface area contributed by atoms with E-state index in [0.717, 1.165) is 16.9 Å². The standard InChI is InChI=1S/C33H28N4O7S/c1-18-26(36-15-9-8-12-24(36)34-18)28(38)25-27(37(31(40)29(25)39)33-35-19(2)30(45-33)32(41)43-4)21-13-14-22(23(16-21)42-3)44-17-20-10-6-5-7-11-20/h5-16,27,38H,17H2,1-4H3/b28-25+. The maximum atomic E-state index is 13.8. The van der Waals surface area contributed by atoms with Crippen LogP contribution in [-0.2, 0) is 20.9 Å². The van der Waals surface area contributed by atoms with Crippen LogP contribution in [0.4, 0.5) is 5.13 Å². The molecule has 1 atom stereocenters. The lowest BCUT2D eigenvalue weighted by Gasteiger charge is -2.24. The Morgan fingerprint density at radius 1 is 0.956 bits per heavy atom. The summed E-state index contributed by atoms with van der Waals surface area (Å²) in [7, 11) is 2.74. The topological polar surface area (TPSA) is 133 Å². The molecule has 0 bridgehead atoms. The number of esters is 1. The van der Waals surface area contributed by atoms with E-state index in [4.69, 9.17) is 14.2 Å². The number of anilines is 1. The number of fused-ring (bicyclic) bond motifs is 1. The Morgan fingerprint density at radius 2 is 1.71 bits per heavy atom. The van der Waals surface area contributed by atoms with Crippen molar-refractivity contribution in [1.29, 1.82) is 0 Å². The van der Waals surface area contributed by atoms with Crippen LogP contribution in [0.3, 0.4) is 0 Å². The Bertz CT molecular complexity index is 2000. The second kappa shape index (κ2) is 11.9. The molecule has 1 amide bonds. The van der Waals surface area contributed by atoms with E-state index < -0.39 is 29.5 Å². The summed E-state index contributed by atoms with van der Waals surface area (Å²) < 4.78 is 18.2. The number of ketones is 1. The molecular formula is C33H28N4O7S. The van der Waals surface area contributed by atoms with Crippen molar-refractivity contribution in [2.24, 2.45) is 0 Å². The summed E-state index contributed by atoms with van der Waals surface area (Å²) in [6, 6.07) is 18.9. The van der Waals surface area contributed by atoms with Crippen LogP contribution in [0.2, 0.25) is 0 Å². The van der Waals surface area contributed by atoms with Gasteiger partial charge in [0.15, 0.2) is 22.4 Å². The SMILES string of the molecule is COC(=O)c1sc(N2C(=O)C(=O)/C(=C(/O)c3c(C)nc4ccccn34)C2c2ccc(OCc3ccccc3)c(OC)c2)nc1C. The molecule has 5 aromatic rings. The van der Waals surface area contributed by atoms with E-state index in [1.807, 2.05) is 36.4 Å². The third kappa shape index (κ3) is 5.18. The molecule has 1 fully saturated rings. The molecule has 0 saturated carbocycles. The monoisotopic (exact) mass is 624 g/mol. The number of hydrogen-bond donors (Lipinski definition) is 1. The van der Waals surface area contributed by atoms with Crippen molar-refractivity contribution >= 4 is 45.5 Å². The van der Waals surface area contributed by atoms with Crippen LogP contribution in [0.25, 0.3) is 11.4 Å². The molecule has 11 nitrogen and oxygen atoms in total. The van der Waals surface area contributed by atoms with Gasteiger partial charge in [-0.1, -0.05) is 53.8 Å². The predicted molar refractivity (Wildman–Crippen MR) is 167 cm³/mol. The molecule has 45 heavy (non-hydrogen) atoms. The van der Waals surface area contributed by atoms with Gasteiger partial charge in [0.25, 0.3) is 5.78 Å². The van der Waals surface area contributed by atoms with Crippen LogP contribution in [-0.4, -0.2) is 51.4 Å². The number of aryl methyl sites for hydroxylation is 2. The van der Waals surface area contributed by atoms with Crippen LogP contribution in [0.5, 0.6) is 11.5 Å². The lowest BCUT2D eigenvalue weighted by molar-refractivity contribution is -0.132. The first-order chi connectivity index (χ1) is 21.7. The Hall–Kier alpha value is -5.49. The van der Waals surface area contributed by atoms with Gasteiger partial charge in [-0.25, -0.2) is 14.8 Å². The van der Waals surface area contributed by atoms with Gasteiger partial charge >= 0.3 is 11.9 Å². The van der Waals surface area contributed by atoms with E-state index in [1.54, 1.807) is 54.8 Å². The second-order valence-electron chi connectivity index (χ2n) is 10.2. The van der Waals surface area contributed by atoms with Crippen LogP contribution in [0.15, 0.2) is 78.5 Å². The van der Waals surface area contributed by atoms with Crippen molar-refractivity contribution in [3.05, 3.63) is 112 Å². The number of carbonyl (C=O) groups excluding carboxylic acids is 3. The summed E-state index contributed by atoms with van der Waals surface area (Å²) in [6.45, 7) is 3.61. The minimum atomic E-state index is -1.13. The average molecular weight is 625 g/mol. The molecule has 0 radical (unpaired) electrons. The van der Waals surface area contributed by atoms with Crippen molar-refractivity contribution in [2.75, 3.05) is 19.1 Å². The Balaban J connectivity index is 1.52. The van der Waals surface area contributed by atoms with Gasteiger partial charge < -0.3 is 19.3 Å². The highest BCUT2D eigenvalue weighted by molar-refractivity contribution is 7.17. The number of ether oxygens (including phenoxy) is 3. The predicted octanol–water partition coefficient (Wildman–Crippen LogP) is 5.41. The number of amides is 1. The van der Waals surface area contributed by atoms with Gasteiger partial charge in [-0.3, -0.25) is 18.9 Å². The maximum Gasteiger partial charge on any atom is 0.350 e. The van der Waals surface area contributed by atoms with Crippen molar-refractivity contribution in [2.45, 2.75) is 26.5 Å². The van der Waals surface area contributed by atoms with Gasteiger partial charge in [0.1, 0.15) is 22.8 Å². The Morgan fingerprint density at radius 3 is 2.44 bits per heavy atom. The molecule has 228 valence electrons. The van der Waals surface area contributed by atoms with Crippen molar-refractivity contribution in [3.8, 4) is 11.5 Å². The second-order valence-corrected chi connectivity index (χ2v) is 11.2. The molecule has 3 aromatic heterocycles. The number of rotatable bonds is 8. The first-order valence-corrected chi connectivity index (χ1v) is 14.7. The highest BCUT2D eigenvalue weighted by Gasteiger charge is 2.49. The Labute approximate surface area is 261 Å². The molecule has 4 heterocycles. The molecule has 1 saturated heterocycles. The molecule has 1 aliphatic heterocycles. The Kier molecular flexibility index (Phi) is 7.81. The number of aliphatic hydroxyl groups is 1. The van der Waals surface area contributed by atoms with E-state index in [9.17, 15) is 19.5 Å². The van der Waals surface area contributed by atoms with Crippen LogP contribution < -0.4 is 14.4 Å². The summed E-state index contributed by atoms with van der Waals surface area (Å²) in [5.74, 6) is -2.06. The molecule has 0 spiro atoms. The number of methoxy groups -OCH3 is 2. The van der Waals surface area contributed by atoms with Crippen LogP contribution >= 0.6 is 11.3 Å². The van der Waals surface area contributed by atoms with Crippen molar-refractivity contribution in [1.82, 2.24) is 14.4 Å². The zero-order chi connectivity index (χ0) is 31.8. The highest BCUT2D eigenvalue weighted by atomic mass is 32.1. The number of thiazole rings is 1. The number of benzene rings is 2. The number of carbonyl (C=O) groups is 3. The molecule has 12 heteroatoms. The normalized spacial score (nSPS) is 15.9. The molecule has 1 unspecified atom stereocenters. The molecular weight excluding hydrogens is 596 g/mol. The van der Waals surface area contributed by atoms with Gasteiger partial charge in [0, 0.05) is 6.20 Å². The minimum absolute atomic E-state index is 0.0947. The van der Waals surface area contributed by atoms with E-state index in [-0.39, 0.29) is 27.9 Å². The number of Topliss-reactive ketones (excluding diaryl/α,β-unsaturated/α-hetero) is 1. The first kappa shape index (κ1) is 29.6. The van der Waals surface area contributed by atoms with Crippen molar-refractivity contribution < 1.29 is 33.7 Å². The van der Waals surface area contributed by atoms with Crippen molar-refractivity contribution in [3.63, 3.8) is 0 Å². The molecule has 6 rings (SSSR count). The van der Waals surface area contributed by atoms with Gasteiger partial charge in [0.05, 0.1) is 37.2 Å². The number of nitrogens with zero attached hydrogens (tertiary/aromatic N) is 4. The summed E-state index contributed by atoms with van der Waals surface area (Å²) in [6.07, 6.45) is 1.71. The smallest absolute Gasteiger partial charge is 0.350 e. The highest BCUT2D eigenvalue weighted by Crippen LogP contribution is 2.46. The van der Waals surface area contributed by atoms with E-state index >= 15 is 0 Å². The average Bonchev–Trinajstić information content (AvgIpc) is 3.69. The molecule has 1 N–H and O–H groups in total. The number of aliphatic hydroxyl groups excluding tert-OH is 1. The lowest BCUT2D eigenvalue weighted by Crippen LogP contribution is -2.29. The van der Waals surface area contributed by atoms with E-state index in [2.05, 4.69) is 9.97 Å². The fourth-order valence-electron chi connectivity index (χ4n) is 5.35. The fourth-order valence-corrected chi connectivity index (χ4v) is 6.36. The van der Waals surface area contributed by atoms with E-state index in [1.165, 1.54) is 19.1 Å². The molecule has 2 aromatic carbocycles. The molecule has 1 aliphatic rings. The van der Waals surface area contributed by atoms with Crippen LogP contribution in [0.1, 0.15) is 43.9 Å². The minimum Gasteiger partial charge on any atom is -0.505 e.